The molecular formula is C67H150Cl2N3O41P14S-7. The minimum atomic E-state index is -5.46. The van der Waals surface area contributed by atoms with Gasteiger partial charge in [0.1, 0.15) is 0 Å². The van der Waals surface area contributed by atoms with Crippen LogP contribution in [0.4, 0.5) is 0 Å². The Labute approximate surface area is 770 Å². The van der Waals surface area contributed by atoms with Gasteiger partial charge in [-0.1, -0.05) is 165 Å². The molecule has 0 aliphatic carbocycles. The Kier molecular flexibility index (Phi) is 56.9. The number of halogens is 2. The van der Waals surface area contributed by atoms with E-state index in [-0.39, 0.29) is 59.2 Å². The summed E-state index contributed by atoms with van der Waals surface area (Å²) in [5, 5.41) is 47.1. The standard InChI is InChI=1S/C14H33NO6P2.C10H24O6P2.C9H23NO6P2.C8H11ClO6P2S.C8H21NO6P2.C7H18O6P2.C6H15ClO5P2.C5H12/c1-13(2,3)9-7-6-8-11-15(4)12-10-14(16,22(5,17)18)23(19,20)21;1-9(2,3)7-5-6-8-10(11,17(4,12)13)18(14,15)16;1-8(2,3)10(4)7-6-9(11,17(5,12)13)18(14,15)16;1-16(11,12)8(10,17(13,14)15)18-7-4-2-6(9)3-5-7;1-7(2,3)9-6-5-8(10,16(4,11)12)17(13,14)15;1-6(2,3)5-7(8,14(4,9)10)15(11,12)13;1-5(2,3)6(7,13(4,8)9)14(10,11)12;1-5(2,3)4/h16H,6-12H2,1-5H3,(H,17,18)(H2,19,20,21);11H,5-8H2,1-4H3,(H,12,13)(H2,14,15,16);11H,6-7H2,1-5H3,(H,12,13)(H2,14,15,16);2-5,10H,1H3,(H,11,12)(H2,13,14,15);9-10H,5-6H2,1-4H3,(H,11,12)(H2,13,14,15);8H,5H2,1-4H3,(H,9,10)(H2,11,12,13);1-4H3,(H,8,9)(H2,10,11,12);1-4H3/p-7. The van der Waals surface area contributed by atoms with Crippen molar-refractivity contribution in [3.8, 4) is 0 Å². The fourth-order valence-electron chi connectivity index (χ4n) is 9.79. The van der Waals surface area contributed by atoms with Crippen molar-refractivity contribution >= 4 is 140 Å². The third kappa shape index (κ3) is 50.7. The van der Waals surface area contributed by atoms with E-state index in [1.54, 1.807) is 44.7 Å². The van der Waals surface area contributed by atoms with Crippen molar-refractivity contribution in [3.63, 3.8) is 0 Å². The normalized spacial score (nSPS) is 22.6. The topological polar surface area (TPSA) is 824 Å². The van der Waals surface area contributed by atoms with Crippen molar-refractivity contribution in [2.45, 2.75) is 280 Å². The largest absolute Gasteiger partial charge is 0.777 e. The minimum absolute atomic E-state index is 0.0226. The summed E-state index contributed by atoms with van der Waals surface area (Å²) >= 11 is 11.4. The number of hydrogen-bond donors (Lipinski definition) is 21. The minimum Gasteiger partial charge on any atom is -0.777 e. The second kappa shape index (κ2) is 50.9. The lowest BCUT2D eigenvalue weighted by Crippen LogP contribution is -2.43. The van der Waals surface area contributed by atoms with Crippen LogP contribution in [-0.4, -0.2) is 241 Å². The molecule has 21 atom stereocenters. The van der Waals surface area contributed by atoms with Crippen molar-refractivity contribution in [1.29, 1.82) is 0 Å². The van der Waals surface area contributed by atoms with Gasteiger partial charge in [-0.3, -0.25) is 32.0 Å². The maximum absolute atomic E-state index is 11.6. The van der Waals surface area contributed by atoms with E-state index in [1.165, 1.54) is 45.0 Å². The lowest BCUT2D eigenvalue weighted by molar-refractivity contribution is -0.208. The number of alkyl halides is 1. The number of nitrogens with zero attached hydrogens (tertiary/aromatic N) is 2. The van der Waals surface area contributed by atoms with Crippen LogP contribution in [-0.2, 0) is 63.9 Å². The first-order valence-electron chi connectivity index (χ1n) is 38.6. The van der Waals surface area contributed by atoms with Gasteiger partial charge in [0.25, 0.3) is 4.42 Å². The molecule has 0 aliphatic rings. The zero-order valence-electron chi connectivity index (χ0n) is 79.0. The molecule has 0 spiro atoms. The number of unbranched alkanes of at least 4 members (excludes halogenated alkanes) is 3. The molecule has 0 radical (unpaired) electrons. The van der Waals surface area contributed by atoms with E-state index >= 15 is 0 Å². The predicted octanol–water partition coefficient (Wildman–Crippen LogP) is 9.17. The van der Waals surface area contributed by atoms with Gasteiger partial charge in [0.15, 0.2) is 57.5 Å². The highest BCUT2D eigenvalue weighted by Gasteiger charge is 2.60. The fourth-order valence-corrected chi connectivity index (χ4v) is 32.7. The summed E-state index contributed by atoms with van der Waals surface area (Å²) < 4.78 is 152. The molecule has 0 heterocycles. The molecule has 21 unspecified atom stereocenters. The van der Waals surface area contributed by atoms with Crippen LogP contribution in [0, 0.1) is 27.1 Å². The molecule has 128 heavy (non-hydrogen) atoms. The highest BCUT2D eigenvalue weighted by Crippen LogP contribution is 2.77. The highest BCUT2D eigenvalue weighted by molar-refractivity contribution is 8.13. The molecular weight excluding hydrogens is 2040 g/mol. The van der Waals surface area contributed by atoms with E-state index in [0.29, 0.717) is 55.5 Å². The number of nitrogens with one attached hydrogen (secondary N) is 1. The van der Waals surface area contributed by atoms with Crippen LogP contribution in [0.2, 0.25) is 5.02 Å². The lowest BCUT2D eigenvalue weighted by atomic mass is 9.89. The monoisotopic (exact) mass is 2190 g/mol. The summed E-state index contributed by atoms with van der Waals surface area (Å²) in [6, 6.07) is 5.53. The van der Waals surface area contributed by atoms with Crippen LogP contribution < -0.4 is 39.6 Å². The molecule has 0 saturated carbocycles. The molecule has 1 aromatic carbocycles. The van der Waals surface area contributed by atoms with Gasteiger partial charge in [0, 0.05) is 100 Å². The van der Waals surface area contributed by atoms with Gasteiger partial charge in [-0.2, -0.15) is 0 Å². The maximum atomic E-state index is 11.6. The first-order valence-corrected chi connectivity index (χ1v) is 66.0. The molecule has 61 heteroatoms. The Morgan fingerprint density at radius 1 is 0.344 bits per heavy atom. The average molecular weight is 2190 g/mol. The van der Waals surface area contributed by atoms with Gasteiger partial charge >= 0.3 is 0 Å². The lowest BCUT2D eigenvalue weighted by Gasteiger charge is -2.46. The Morgan fingerprint density at radius 2 is 0.617 bits per heavy atom. The van der Waals surface area contributed by atoms with Gasteiger partial charge in [-0.15, -0.1) is 0 Å². The maximum Gasteiger partial charge on any atom is 0.255 e. The van der Waals surface area contributed by atoms with Crippen LogP contribution in [0.3, 0.4) is 0 Å². The van der Waals surface area contributed by atoms with Crippen LogP contribution in [0.1, 0.15) is 229 Å². The quantitative estimate of drug-likeness (QED) is 0.00989. The summed E-state index contributed by atoms with van der Waals surface area (Å²) in [6.45, 7) is 47.1. The van der Waals surface area contributed by atoms with Crippen LogP contribution >= 0.6 is 140 Å². The number of rotatable bonds is 35. The summed E-state index contributed by atoms with van der Waals surface area (Å²) in [4.78, 5) is 209. The van der Waals surface area contributed by atoms with Crippen molar-refractivity contribution in [2.75, 3.05) is 86.9 Å². The van der Waals surface area contributed by atoms with Gasteiger partial charge in [-0.05, 0) is 159 Å². The zero-order valence-corrected chi connectivity index (χ0v) is 93.8. The van der Waals surface area contributed by atoms with Gasteiger partial charge in [0.05, 0.1) is 0 Å². The van der Waals surface area contributed by atoms with Crippen molar-refractivity contribution < 1.29 is 197 Å². The SMILES string of the molecule is CC(C)(C)C.CC(C)(C)C(Cl)(P(C)(=O)O)P(=O)([O-])O.CC(C)(C)CC(O)(P(C)(=O)O)P(=O)([O-])O.CC(C)(C)CCCCC(O)(P(C)(=O)O)P(=O)([O-])O.CC(C)(C)NCCC(O)(P(C)(=O)O)P(=O)([O-])O.CN(CCC(O)(P(C)(=O)O)P(=O)([O-])O)C(C)(C)C.CN(CCCCCC(C)(C)C)CCC(O)(P(C)(=O)O)P(=O)([O-])O.CP(=O)(O)C(O)(Sc1ccc(Cl)cc1)P(=O)([O-])O. The molecule has 0 amide bonds. The summed E-state index contributed by atoms with van der Waals surface area (Å²) in [5.41, 5.74) is -1.73. The second-order valence-electron chi connectivity index (χ2n) is 39.8. The number of hydrogen-bond acceptors (Lipinski definition) is 31. The molecule has 0 saturated heterocycles. The molecule has 0 aromatic heterocycles. The van der Waals surface area contributed by atoms with Crippen LogP contribution in [0.25, 0.3) is 0 Å². The Balaban J connectivity index is -0.000000265. The summed E-state index contributed by atoms with van der Waals surface area (Å²) in [5.74, 6) is 0. The molecule has 44 nitrogen and oxygen atoms in total. The van der Waals surface area contributed by atoms with E-state index in [1.807, 2.05) is 62.3 Å². The molecule has 776 valence electrons. The van der Waals surface area contributed by atoms with E-state index in [9.17, 15) is 163 Å². The molecule has 0 fully saturated rings. The zero-order chi connectivity index (χ0) is 106. The van der Waals surface area contributed by atoms with E-state index in [2.05, 4.69) is 53.8 Å². The first kappa shape index (κ1) is 143. The first-order chi connectivity index (χ1) is 54.6. The average Bonchev–Trinajstić information content (AvgIpc) is 0.735. The van der Waals surface area contributed by atoms with Crippen LogP contribution in [0.15, 0.2) is 29.2 Å². The molecule has 1 rings (SSSR count). The van der Waals surface area contributed by atoms with Crippen LogP contribution in [0.5, 0.6) is 0 Å². The van der Waals surface area contributed by atoms with E-state index in [0.717, 1.165) is 52.1 Å². The second-order valence-corrected chi connectivity index (χ2v) is 75.3. The Morgan fingerprint density at radius 3 is 0.828 bits per heavy atom. The van der Waals surface area contributed by atoms with Gasteiger partial charge < -0.3 is 180 Å². The third-order valence-electron chi connectivity index (χ3n) is 17.7. The summed E-state index contributed by atoms with van der Waals surface area (Å²) in [7, 11) is -64.5. The number of aliphatic hydroxyl groups is 6. The number of thioether (sulfide) groups is 1. The fraction of sp³-hybridized carbons (Fsp3) is 0.910. The smallest absolute Gasteiger partial charge is 0.255 e. The molecule has 0 aliphatic heterocycles. The van der Waals surface area contributed by atoms with Gasteiger partial charge in [-0.25, -0.2) is 0 Å². The Bertz CT molecular complexity index is 4120. The predicted molar refractivity (Wildman–Crippen MR) is 491 cm³/mol. The van der Waals surface area contributed by atoms with Gasteiger partial charge in [0.2, 0.25) is 77.0 Å². The highest BCUT2D eigenvalue weighted by atomic mass is 35.5. The van der Waals surface area contributed by atoms with E-state index in [4.69, 9.17) is 57.5 Å². The molecule has 21 N–H and O–H groups in total. The number of benzene rings is 1. The van der Waals surface area contributed by atoms with Crippen molar-refractivity contribution in [2.24, 2.45) is 27.1 Å². The summed E-state index contributed by atoms with van der Waals surface area (Å²) in [6.07, 6.45) is 3.27. The van der Waals surface area contributed by atoms with Crippen molar-refractivity contribution in [3.05, 3.63) is 29.3 Å². The van der Waals surface area contributed by atoms with Crippen molar-refractivity contribution in [1.82, 2.24) is 15.1 Å². The molecule has 1 aromatic rings. The third-order valence-corrected chi connectivity index (χ3v) is 54.6. The Hall–Kier alpha value is 2.17. The van der Waals surface area contributed by atoms with E-state index < -0.39 is 182 Å². The molecule has 0 bridgehead atoms.